The third kappa shape index (κ3) is 5.83. The van der Waals surface area contributed by atoms with Crippen LogP contribution in [0.4, 0.5) is 0 Å². The van der Waals surface area contributed by atoms with Gasteiger partial charge < -0.3 is 15.2 Å². The number of hydrogen-bond donors (Lipinski definition) is 1. The summed E-state index contributed by atoms with van der Waals surface area (Å²) in [5.41, 5.74) is 7.23. The first-order valence-electron chi connectivity index (χ1n) is 7.70. The fourth-order valence-corrected chi connectivity index (χ4v) is 1.83. The smallest absolute Gasteiger partial charge is 0.126 e. The highest BCUT2D eigenvalue weighted by molar-refractivity contribution is 5.41. The lowest BCUT2D eigenvalue weighted by Gasteiger charge is -2.17. The molecule has 2 N–H and O–H groups in total. The van der Waals surface area contributed by atoms with Gasteiger partial charge in [-0.25, -0.2) is 0 Å². The second-order valence-corrected chi connectivity index (χ2v) is 5.70. The number of ether oxygens (including phenoxy) is 2. The number of nitrogens with two attached hydrogens (primary N) is 1. The average Bonchev–Trinajstić information content (AvgIpc) is 2.44. The molecule has 0 amide bonds. The summed E-state index contributed by atoms with van der Waals surface area (Å²) in [6.07, 6.45) is 2.82. The highest BCUT2D eigenvalue weighted by Gasteiger charge is 2.10. The van der Waals surface area contributed by atoms with Gasteiger partial charge in [-0.05, 0) is 36.8 Å². The van der Waals surface area contributed by atoms with Crippen molar-refractivity contribution in [3.05, 3.63) is 23.8 Å². The van der Waals surface area contributed by atoms with Crippen LogP contribution in [0, 0.1) is 5.92 Å². The number of rotatable bonds is 9. The first kappa shape index (κ1) is 16.8. The van der Waals surface area contributed by atoms with Gasteiger partial charge in [0.1, 0.15) is 11.5 Å². The fraction of sp³-hybridized carbons (Fsp3) is 0.647. The summed E-state index contributed by atoms with van der Waals surface area (Å²) in [4.78, 5) is 0. The minimum absolute atomic E-state index is 0.179. The van der Waals surface area contributed by atoms with E-state index >= 15 is 0 Å². The van der Waals surface area contributed by atoms with Gasteiger partial charge in [0.2, 0.25) is 0 Å². The van der Waals surface area contributed by atoms with Gasteiger partial charge in [0.15, 0.2) is 0 Å². The van der Waals surface area contributed by atoms with Crippen molar-refractivity contribution in [3.63, 3.8) is 0 Å². The molecule has 0 aliphatic carbocycles. The van der Waals surface area contributed by atoms with Crippen LogP contribution in [0.2, 0.25) is 0 Å². The third-order valence-corrected chi connectivity index (χ3v) is 3.09. The zero-order chi connectivity index (χ0) is 15.0. The Hall–Kier alpha value is -1.22. The summed E-state index contributed by atoms with van der Waals surface area (Å²) in [5.74, 6) is 2.29. The van der Waals surface area contributed by atoms with E-state index in [2.05, 4.69) is 33.8 Å². The Labute approximate surface area is 123 Å². The quantitative estimate of drug-likeness (QED) is 0.748. The highest BCUT2D eigenvalue weighted by Crippen LogP contribution is 2.27. The molecule has 3 nitrogen and oxygen atoms in total. The average molecular weight is 279 g/mol. The second kappa shape index (κ2) is 8.85. The SMILES string of the molecule is CCCOc1ccc(CC(N)CC)c(OCC(C)C)c1. The number of hydrogen-bond acceptors (Lipinski definition) is 3. The summed E-state index contributed by atoms with van der Waals surface area (Å²) >= 11 is 0. The fourth-order valence-electron chi connectivity index (χ4n) is 1.83. The van der Waals surface area contributed by atoms with Crippen molar-refractivity contribution in [2.75, 3.05) is 13.2 Å². The highest BCUT2D eigenvalue weighted by atomic mass is 16.5. The van der Waals surface area contributed by atoms with Gasteiger partial charge in [-0.1, -0.05) is 33.8 Å². The molecule has 0 fully saturated rings. The van der Waals surface area contributed by atoms with Gasteiger partial charge in [0.25, 0.3) is 0 Å². The molecule has 0 heterocycles. The Balaban J connectivity index is 2.84. The zero-order valence-corrected chi connectivity index (χ0v) is 13.3. The Morgan fingerprint density at radius 3 is 2.50 bits per heavy atom. The van der Waals surface area contributed by atoms with Crippen molar-refractivity contribution in [1.82, 2.24) is 0 Å². The molecule has 1 unspecified atom stereocenters. The van der Waals surface area contributed by atoms with Crippen molar-refractivity contribution in [2.24, 2.45) is 11.7 Å². The molecule has 0 radical (unpaired) electrons. The monoisotopic (exact) mass is 279 g/mol. The molecule has 3 heteroatoms. The predicted octanol–water partition coefficient (Wildman–Crippen LogP) is 3.79. The molecule has 20 heavy (non-hydrogen) atoms. The van der Waals surface area contributed by atoms with Crippen molar-refractivity contribution in [3.8, 4) is 11.5 Å². The Morgan fingerprint density at radius 1 is 1.15 bits per heavy atom. The predicted molar refractivity (Wildman–Crippen MR) is 84.5 cm³/mol. The van der Waals surface area contributed by atoms with Crippen LogP contribution in [0.3, 0.4) is 0 Å². The maximum Gasteiger partial charge on any atom is 0.126 e. The van der Waals surface area contributed by atoms with E-state index in [1.807, 2.05) is 12.1 Å². The summed E-state index contributed by atoms with van der Waals surface area (Å²) < 4.78 is 11.6. The zero-order valence-electron chi connectivity index (χ0n) is 13.3. The normalized spacial score (nSPS) is 12.5. The van der Waals surface area contributed by atoms with E-state index in [0.717, 1.165) is 37.4 Å². The van der Waals surface area contributed by atoms with Gasteiger partial charge in [-0.15, -0.1) is 0 Å². The van der Waals surface area contributed by atoms with Crippen LogP contribution in [-0.4, -0.2) is 19.3 Å². The van der Waals surface area contributed by atoms with E-state index < -0.39 is 0 Å². The van der Waals surface area contributed by atoms with Gasteiger partial charge >= 0.3 is 0 Å². The second-order valence-electron chi connectivity index (χ2n) is 5.70. The molecule has 1 atom stereocenters. The Morgan fingerprint density at radius 2 is 1.90 bits per heavy atom. The first-order valence-corrected chi connectivity index (χ1v) is 7.70. The Bertz CT molecular complexity index is 391. The van der Waals surface area contributed by atoms with E-state index in [0.29, 0.717) is 12.5 Å². The van der Waals surface area contributed by atoms with Crippen LogP contribution in [0.25, 0.3) is 0 Å². The van der Waals surface area contributed by atoms with Crippen molar-refractivity contribution in [2.45, 2.75) is 53.0 Å². The number of benzene rings is 1. The molecule has 114 valence electrons. The van der Waals surface area contributed by atoms with Crippen molar-refractivity contribution in [1.29, 1.82) is 0 Å². The van der Waals surface area contributed by atoms with Crippen LogP contribution < -0.4 is 15.2 Å². The molecule has 1 aromatic rings. The topological polar surface area (TPSA) is 44.5 Å². The molecule has 1 rings (SSSR count). The molecular formula is C17H29NO2. The van der Waals surface area contributed by atoms with Crippen LogP contribution >= 0.6 is 0 Å². The van der Waals surface area contributed by atoms with E-state index in [9.17, 15) is 0 Å². The van der Waals surface area contributed by atoms with E-state index in [4.69, 9.17) is 15.2 Å². The van der Waals surface area contributed by atoms with Gasteiger partial charge in [-0.3, -0.25) is 0 Å². The summed E-state index contributed by atoms with van der Waals surface area (Å²) in [7, 11) is 0. The lowest BCUT2D eigenvalue weighted by atomic mass is 10.0. The van der Waals surface area contributed by atoms with Gasteiger partial charge in [0.05, 0.1) is 13.2 Å². The lowest BCUT2D eigenvalue weighted by molar-refractivity contribution is 0.264. The minimum Gasteiger partial charge on any atom is -0.493 e. The van der Waals surface area contributed by atoms with Crippen LogP contribution in [-0.2, 0) is 6.42 Å². The van der Waals surface area contributed by atoms with E-state index in [1.54, 1.807) is 0 Å². The maximum absolute atomic E-state index is 6.06. The van der Waals surface area contributed by atoms with E-state index in [1.165, 1.54) is 5.56 Å². The van der Waals surface area contributed by atoms with Gasteiger partial charge in [-0.2, -0.15) is 0 Å². The maximum atomic E-state index is 6.06. The summed E-state index contributed by atoms with van der Waals surface area (Å²) in [6.45, 7) is 9.95. The lowest BCUT2D eigenvalue weighted by Crippen LogP contribution is -2.22. The molecule has 0 aliphatic heterocycles. The van der Waals surface area contributed by atoms with Crippen LogP contribution in [0.15, 0.2) is 18.2 Å². The molecule has 0 aliphatic rings. The molecule has 0 spiro atoms. The summed E-state index contributed by atoms with van der Waals surface area (Å²) in [5, 5.41) is 0. The Kier molecular flexibility index (Phi) is 7.45. The molecule has 1 aromatic carbocycles. The first-order chi connectivity index (χ1) is 9.56. The largest absolute Gasteiger partial charge is 0.493 e. The molecule has 0 bridgehead atoms. The molecule has 0 saturated carbocycles. The van der Waals surface area contributed by atoms with Crippen LogP contribution in [0.5, 0.6) is 11.5 Å². The van der Waals surface area contributed by atoms with Crippen molar-refractivity contribution >= 4 is 0 Å². The van der Waals surface area contributed by atoms with Crippen LogP contribution in [0.1, 0.15) is 46.1 Å². The molecule has 0 saturated heterocycles. The van der Waals surface area contributed by atoms with Crippen molar-refractivity contribution < 1.29 is 9.47 Å². The standard InChI is InChI=1S/C17H29NO2/c1-5-9-19-16-8-7-14(10-15(18)6-2)17(11-16)20-12-13(3)4/h7-8,11,13,15H,5-6,9-10,12,18H2,1-4H3. The van der Waals surface area contributed by atoms with E-state index in [-0.39, 0.29) is 6.04 Å². The third-order valence-electron chi connectivity index (χ3n) is 3.09. The molecular weight excluding hydrogens is 250 g/mol. The molecule has 0 aromatic heterocycles. The van der Waals surface area contributed by atoms with Gasteiger partial charge in [0, 0.05) is 12.1 Å². The minimum atomic E-state index is 0.179. The summed E-state index contributed by atoms with van der Waals surface area (Å²) in [6, 6.07) is 6.26.